The second kappa shape index (κ2) is 5.84. The van der Waals surface area contributed by atoms with E-state index in [1.807, 2.05) is 0 Å². The van der Waals surface area contributed by atoms with E-state index in [-0.39, 0.29) is 0 Å². The normalized spacial score (nSPS) is 19.9. The molecule has 1 atom stereocenters. The van der Waals surface area contributed by atoms with Crippen LogP contribution in [-0.2, 0) is 0 Å². The molecular weight excluding hydrogens is 292 g/mol. The molecule has 3 heterocycles. The minimum Gasteiger partial charge on any atom is -0.369 e. The molecule has 4 nitrogen and oxygen atoms in total. The Kier molecular flexibility index (Phi) is 4.10. The van der Waals surface area contributed by atoms with Crippen molar-refractivity contribution in [2.45, 2.75) is 20.3 Å². The highest BCUT2D eigenvalue weighted by Gasteiger charge is 2.21. The molecule has 1 fully saturated rings. The van der Waals surface area contributed by atoms with Crippen LogP contribution in [0.25, 0.3) is 10.2 Å². The van der Waals surface area contributed by atoms with Crippen molar-refractivity contribution >= 4 is 39.0 Å². The number of aryl methyl sites for hydroxylation is 1. The first-order chi connectivity index (χ1) is 9.65. The number of aromatic nitrogens is 2. The summed E-state index contributed by atoms with van der Waals surface area (Å²) in [4.78, 5) is 13.3. The average molecular weight is 311 g/mol. The first-order valence-corrected chi connectivity index (χ1v) is 8.25. The van der Waals surface area contributed by atoms with Crippen LogP contribution in [-0.4, -0.2) is 41.0 Å². The monoisotopic (exact) mass is 310 g/mol. The molecule has 1 aliphatic rings. The fourth-order valence-electron chi connectivity index (χ4n) is 2.76. The third kappa shape index (κ3) is 2.90. The Morgan fingerprint density at radius 2 is 2.35 bits per heavy atom. The van der Waals surface area contributed by atoms with E-state index in [1.54, 1.807) is 11.3 Å². The number of hydrogen-bond acceptors (Lipinski definition) is 5. The largest absolute Gasteiger partial charge is 0.369 e. The molecule has 2 aromatic rings. The van der Waals surface area contributed by atoms with Crippen LogP contribution in [0.5, 0.6) is 0 Å². The van der Waals surface area contributed by atoms with E-state index < -0.39 is 0 Å². The lowest BCUT2D eigenvalue weighted by molar-refractivity contribution is 0.345. The van der Waals surface area contributed by atoms with Crippen molar-refractivity contribution in [1.82, 2.24) is 14.9 Å². The molecule has 0 aromatic carbocycles. The van der Waals surface area contributed by atoms with Gasteiger partial charge < -0.3 is 10.2 Å². The predicted molar refractivity (Wildman–Crippen MR) is 85.9 cm³/mol. The van der Waals surface area contributed by atoms with Crippen molar-refractivity contribution in [2.75, 3.05) is 31.5 Å². The molecule has 0 bridgehead atoms. The van der Waals surface area contributed by atoms with Gasteiger partial charge in [-0.3, -0.25) is 0 Å². The Morgan fingerprint density at radius 1 is 1.50 bits per heavy atom. The summed E-state index contributed by atoms with van der Waals surface area (Å²) in [5.74, 6) is 1.57. The Balaban J connectivity index is 1.74. The first-order valence-electron chi connectivity index (χ1n) is 7.05. The third-order valence-corrected chi connectivity index (χ3v) is 4.98. The van der Waals surface area contributed by atoms with Crippen molar-refractivity contribution < 1.29 is 0 Å². The van der Waals surface area contributed by atoms with Gasteiger partial charge in [-0.05, 0) is 50.0 Å². The zero-order valence-corrected chi connectivity index (χ0v) is 13.4. The molecule has 0 spiro atoms. The molecular formula is C14H19ClN4S. The Hall–Kier alpha value is -0.910. The quantitative estimate of drug-likeness (QED) is 0.879. The number of fused-ring (bicyclic) bond motifs is 1. The van der Waals surface area contributed by atoms with Crippen molar-refractivity contribution in [1.29, 1.82) is 0 Å². The summed E-state index contributed by atoms with van der Waals surface area (Å²) in [5.41, 5.74) is 0. The number of nitrogens with one attached hydrogen (secondary N) is 1. The number of hydrogen-bond donors (Lipinski definition) is 1. The van der Waals surface area contributed by atoms with E-state index in [4.69, 9.17) is 11.6 Å². The van der Waals surface area contributed by atoms with Crippen molar-refractivity contribution in [3.8, 4) is 0 Å². The summed E-state index contributed by atoms with van der Waals surface area (Å²) < 4.78 is 0. The van der Waals surface area contributed by atoms with Crippen molar-refractivity contribution in [3.05, 3.63) is 16.2 Å². The molecule has 108 valence electrons. The smallest absolute Gasteiger partial charge is 0.225 e. The molecule has 1 unspecified atom stereocenters. The van der Waals surface area contributed by atoms with Gasteiger partial charge in [0.25, 0.3) is 0 Å². The van der Waals surface area contributed by atoms with Gasteiger partial charge in [0.2, 0.25) is 5.28 Å². The van der Waals surface area contributed by atoms with Gasteiger partial charge >= 0.3 is 0 Å². The minimum atomic E-state index is 0.323. The third-order valence-electron chi connectivity index (χ3n) is 3.86. The van der Waals surface area contributed by atoms with E-state index in [0.29, 0.717) is 11.2 Å². The van der Waals surface area contributed by atoms with E-state index in [0.717, 1.165) is 29.1 Å². The maximum absolute atomic E-state index is 6.01. The fourth-order valence-corrected chi connectivity index (χ4v) is 3.86. The lowest BCUT2D eigenvalue weighted by Gasteiger charge is -2.14. The molecule has 0 radical (unpaired) electrons. The molecule has 0 aliphatic carbocycles. The number of halogens is 1. The van der Waals surface area contributed by atoms with Gasteiger partial charge in [0.15, 0.2) is 0 Å². The highest BCUT2D eigenvalue weighted by Crippen LogP contribution is 2.30. The van der Waals surface area contributed by atoms with Crippen LogP contribution in [0.1, 0.15) is 18.2 Å². The topological polar surface area (TPSA) is 41.0 Å². The lowest BCUT2D eigenvalue weighted by atomic mass is 10.1. The van der Waals surface area contributed by atoms with Gasteiger partial charge in [-0.25, -0.2) is 9.97 Å². The van der Waals surface area contributed by atoms with Gasteiger partial charge in [0.05, 0.1) is 5.39 Å². The summed E-state index contributed by atoms with van der Waals surface area (Å²) >= 11 is 7.67. The van der Waals surface area contributed by atoms with Gasteiger partial charge in [0, 0.05) is 18.0 Å². The predicted octanol–water partition coefficient (Wildman–Crippen LogP) is 3.41. The lowest BCUT2D eigenvalue weighted by Crippen LogP contribution is -2.22. The zero-order chi connectivity index (χ0) is 14.1. The van der Waals surface area contributed by atoms with Crippen LogP contribution in [0.3, 0.4) is 0 Å². The van der Waals surface area contributed by atoms with Crippen LogP contribution in [0.4, 0.5) is 5.82 Å². The molecule has 6 heteroatoms. The van der Waals surface area contributed by atoms with E-state index >= 15 is 0 Å². The van der Waals surface area contributed by atoms with Gasteiger partial charge in [-0.2, -0.15) is 0 Å². The summed E-state index contributed by atoms with van der Waals surface area (Å²) in [5, 5.41) is 4.88. The first kappa shape index (κ1) is 14.0. The summed E-state index contributed by atoms with van der Waals surface area (Å²) in [7, 11) is 0. The number of thiophene rings is 1. The number of rotatable bonds is 4. The number of likely N-dealkylation sites (tertiary alicyclic amines) is 1. The Labute approximate surface area is 128 Å². The average Bonchev–Trinajstić information content (AvgIpc) is 3.01. The van der Waals surface area contributed by atoms with Crippen LogP contribution < -0.4 is 5.32 Å². The van der Waals surface area contributed by atoms with E-state index in [9.17, 15) is 0 Å². The van der Waals surface area contributed by atoms with Crippen LogP contribution >= 0.6 is 22.9 Å². The zero-order valence-electron chi connectivity index (χ0n) is 11.8. The number of anilines is 1. The highest BCUT2D eigenvalue weighted by atomic mass is 35.5. The van der Waals surface area contributed by atoms with Crippen molar-refractivity contribution in [2.24, 2.45) is 5.92 Å². The SMILES string of the molecule is CCN1CCC(CNc2nc(Cl)nc3sc(C)cc23)C1. The van der Waals surface area contributed by atoms with Crippen molar-refractivity contribution in [3.63, 3.8) is 0 Å². The molecule has 2 aromatic heterocycles. The molecule has 20 heavy (non-hydrogen) atoms. The summed E-state index contributed by atoms with van der Waals surface area (Å²) in [6.45, 7) is 8.78. The standard InChI is InChI=1S/C14H19ClN4S/c1-3-19-5-4-10(8-19)7-16-12-11-6-9(2)20-13(11)18-14(15)17-12/h6,10H,3-5,7-8H2,1-2H3,(H,16,17,18). The Morgan fingerprint density at radius 3 is 3.10 bits per heavy atom. The second-order valence-corrected chi connectivity index (χ2v) is 6.92. The van der Waals surface area contributed by atoms with Gasteiger partial charge in [-0.15, -0.1) is 11.3 Å². The fraction of sp³-hybridized carbons (Fsp3) is 0.571. The molecule has 0 amide bonds. The molecule has 3 rings (SSSR count). The molecule has 0 saturated carbocycles. The second-order valence-electron chi connectivity index (χ2n) is 5.35. The minimum absolute atomic E-state index is 0.323. The van der Waals surface area contributed by atoms with Crippen LogP contribution in [0.2, 0.25) is 5.28 Å². The number of nitrogens with zero attached hydrogens (tertiary/aromatic N) is 3. The summed E-state index contributed by atoms with van der Waals surface area (Å²) in [6, 6.07) is 2.13. The Bertz CT molecular complexity index is 612. The van der Waals surface area contributed by atoms with Crippen LogP contribution in [0.15, 0.2) is 6.07 Å². The molecule has 1 aliphatic heterocycles. The van der Waals surface area contributed by atoms with Crippen LogP contribution in [0, 0.1) is 12.8 Å². The van der Waals surface area contributed by atoms with E-state index in [2.05, 4.69) is 40.1 Å². The maximum Gasteiger partial charge on any atom is 0.225 e. The maximum atomic E-state index is 6.01. The van der Waals surface area contributed by atoms with E-state index in [1.165, 1.54) is 24.4 Å². The van der Waals surface area contributed by atoms with Gasteiger partial charge in [0.1, 0.15) is 10.6 Å². The molecule has 1 N–H and O–H groups in total. The summed E-state index contributed by atoms with van der Waals surface area (Å²) in [6.07, 6.45) is 1.26. The highest BCUT2D eigenvalue weighted by molar-refractivity contribution is 7.18. The van der Waals surface area contributed by atoms with Gasteiger partial charge in [-0.1, -0.05) is 6.92 Å². The molecule has 1 saturated heterocycles.